The Kier molecular flexibility index (Phi) is 3.59. The molecule has 2 rings (SSSR count). The molecule has 1 aromatic rings. The maximum Gasteiger partial charge on any atom is 0.407 e. The minimum absolute atomic E-state index is 0.0154. The number of hydrogen-bond acceptors (Lipinski definition) is 2. The molecule has 0 aromatic heterocycles. The summed E-state index contributed by atoms with van der Waals surface area (Å²) in [6.07, 6.45) is -4.00. The van der Waals surface area contributed by atoms with E-state index >= 15 is 0 Å². The summed E-state index contributed by atoms with van der Waals surface area (Å²) >= 11 is 0. The molecule has 2 unspecified atom stereocenters. The van der Waals surface area contributed by atoms with Gasteiger partial charge in [-0.2, -0.15) is 13.2 Å². The van der Waals surface area contributed by atoms with Crippen LogP contribution in [0.1, 0.15) is 36.6 Å². The highest BCUT2D eigenvalue weighted by Gasteiger charge is 2.39. The Labute approximate surface area is 114 Å². The van der Waals surface area contributed by atoms with E-state index in [2.05, 4.69) is 10.2 Å². The Balaban J connectivity index is 2.63. The van der Waals surface area contributed by atoms with Crippen LogP contribution in [0, 0.1) is 6.57 Å². The van der Waals surface area contributed by atoms with Crippen molar-refractivity contribution >= 4 is 11.8 Å². The van der Waals surface area contributed by atoms with Gasteiger partial charge in [-0.3, -0.25) is 5.32 Å². The molecule has 1 aromatic carbocycles. The van der Waals surface area contributed by atoms with Gasteiger partial charge in [-0.1, -0.05) is 23.8 Å². The lowest BCUT2D eigenvalue weighted by Crippen LogP contribution is -2.30. The summed E-state index contributed by atoms with van der Waals surface area (Å²) in [7, 11) is 0. The molecule has 0 spiro atoms. The van der Waals surface area contributed by atoms with Crippen molar-refractivity contribution < 1.29 is 18.3 Å². The minimum atomic E-state index is -4.58. The number of alkyl halides is 3. The molecule has 0 heterocycles. The number of fused-ring (bicyclic) bond motifs is 1. The smallest absolute Gasteiger partial charge is 0.379 e. The lowest BCUT2D eigenvalue weighted by Gasteiger charge is -2.20. The van der Waals surface area contributed by atoms with Crippen molar-refractivity contribution in [1.82, 2.24) is 5.32 Å². The van der Waals surface area contributed by atoms with E-state index < -0.39 is 29.7 Å². The predicted molar refractivity (Wildman–Crippen MR) is 68.9 cm³/mol. The van der Waals surface area contributed by atoms with Crippen molar-refractivity contribution in [3.63, 3.8) is 0 Å². The van der Waals surface area contributed by atoms with Crippen molar-refractivity contribution in [3.8, 4) is 0 Å². The molecular formula is C14H13F3N2O. The van der Waals surface area contributed by atoms with E-state index in [-0.39, 0.29) is 5.56 Å². The van der Waals surface area contributed by atoms with Crippen LogP contribution < -0.4 is 5.32 Å². The van der Waals surface area contributed by atoms with E-state index in [1.165, 1.54) is 25.1 Å². The average Bonchev–Trinajstić information content (AvgIpc) is 2.62. The number of rotatable bonds is 2. The molecule has 0 saturated heterocycles. The van der Waals surface area contributed by atoms with Gasteiger partial charge in [-0.15, -0.1) is 0 Å². The van der Waals surface area contributed by atoms with Crippen LogP contribution in [0.15, 0.2) is 17.7 Å². The quantitative estimate of drug-likeness (QED) is 0.642. The lowest BCUT2D eigenvalue weighted by atomic mass is 9.98. The van der Waals surface area contributed by atoms with Crippen molar-refractivity contribution in [2.75, 3.05) is 0 Å². The van der Waals surface area contributed by atoms with E-state index in [1.807, 2.05) is 0 Å². The Bertz CT molecular complexity index is 612. The van der Waals surface area contributed by atoms with Crippen LogP contribution in [0.25, 0.3) is 10.9 Å². The number of aliphatic hydroxyl groups excluding tert-OH is 1. The molecule has 20 heavy (non-hydrogen) atoms. The zero-order chi connectivity index (χ0) is 15.1. The molecule has 106 valence electrons. The first kappa shape index (κ1) is 14.6. The third-order valence-corrected chi connectivity index (χ3v) is 3.21. The second-order valence-corrected chi connectivity index (χ2v) is 4.74. The van der Waals surface area contributed by atoms with Crippen molar-refractivity contribution in [2.24, 2.45) is 0 Å². The zero-order valence-electron chi connectivity index (χ0n) is 10.9. The number of nitrogens with one attached hydrogen (secondary N) is 1. The Hall–Kier alpha value is -1.84. The van der Waals surface area contributed by atoms with Crippen LogP contribution in [-0.4, -0.2) is 11.3 Å². The molecule has 0 saturated carbocycles. The van der Waals surface area contributed by atoms with Crippen LogP contribution >= 0.6 is 0 Å². The topological polar surface area (TPSA) is 36.6 Å². The van der Waals surface area contributed by atoms with E-state index in [0.29, 0.717) is 11.1 Å². The highest BCUT2D eigenvalue weighted by Crippen LogP contribution is 2.46. The van der Waals surface area contributed by atoms with Crippen LogP contribution in [0.5, 0.6) is 0 Å². The predicted octanol–water partition coefficient (Wildman–Crippen LogP) is 3.64. The summed E-state index contributed by atoms with van der Waals surface area (Å²) in [6.45, 7) is 10.1. The second-order valence-electron chi connectivity index (χ2n) is 4.74. The van der Waals surface area contributed by atoms with Crippen LogP contribution in [0.3, 0.4) is 0 Å². The van der Waals surface area contributed by atoms with Gasteiger partial charge in [0.15, 0.2) is 5.69 Å². The highest BCUT2D eigenvalue weighted by atomic mass is 19.4. The summed E-state index contributed by atoms with van der Waals surface area (Å²) in [6, 6.07) is 2.22. The van der Waals surface area contributed by atoms with Gasteiger partial charge in [-0.05, 0) is 25.0 Å². The Morgan fingerprint density at radius 1 is 1.40 bits per heavy atom. The van der Waals surface area contributed by atoms with E-state index in [0.717, 1.165) is 0 Å². The molecule has 3 nitrogen and oxygen atoms in total. The number of benzene rings is 1. The van der Waals surface area contributed by atoms with Gasteiger partial charge in [0.25, 0.3) is 0 Å². The number of nitrogens with zero attached hydrogens (tertiary/aromatic N) is 1. The van der Waals surface area contributed by atoms with Gasteiger partial charge in [0.1, 0.15) is 6.23 Å². The fourth-order valence-electron chi connectivity index (χ4n) is 2.44. The Morgan fingerprint density at radius 2 is 2.05 bits per heavy atom. The van der Waals surface area contributed by atoms with Crippen LogP contribution in [0.2, 0.25) is 0 Å². The van der Waals surface area contributed by atoms with Crippen molar-refractivity contribution in [1.29, 1.82) is 0 Å². The summed E-state index contributed by atoms with van der Waals surface area (Å²) < 4.78 is 39.5. The van der Waals surface area contributed by atoms with Gasteiger partial charge in [-0.25, -0.2) is 4.85 Å². The van der Waals surface area contributed by atoms with E-state index in [9.17, 15) is 18.3 Å². The maximum atomic E-state index is 13.2. The summed E-state index contributed by atoms with van der Waals surface area (Å²) in [5.74, 6) is 0. The largest absolute Gasteiger partial charge is 0.407 e. The van der Waals surface area contributed by atoms with Gasteiger partial charge in [0.05, 0.1) is 18.2 Å². The molecule has 6 heteroatoms. The van der Waals surface area contributed by atoms with Crippen LogP contribution in [-0.2, 0) is 6.18 Å². The summed E-state index contributed by atoms with van der Waals surface area (Å²) in [4.78, 5) is 2.96. The van der Waals surface area contributed by atoms with E-state index in [4.69, 9.17) is 6.57 Å². The normalized spacial score (nSPS) is 19.2. The van der Waals surface area contributed by atoms with Crippen LogP contribution in [0.4, 0.5) is 18.9 Å². The average molecular weight is 282 g/mol. The third kappa shape index (κ3) is 2.42. The first-order valence-corrected chi connectivity index (χ1v) is 5.99. The van der Waals surface area contributed by atoms with Gasteiger partial charge < -0.3 is 5.11 Å². The molecule has 0 radical (unpaired) electrons. The highest BCUT2D eigenvalue weighted by molar-refractivity contribution is 5.75. The fraction of sp³-hybridized carbons (Fsp3) is 0.357. The molecule has 1 aliphatic rings. The summed E-state index contributed by atoms with van der Waals surface area (Å²) in [5.41, 5.74) is -0.185. The maximum absolute atomic E-state index is 13.2. The van der Waals surface area contributed by atoms with Crippen molar-refractivity contribution in [2.45, 2.75) is 32.3 Å². The number of aliphatic hydroxyl groups is 1. The molecule has 0 fully saturated rings. The first-order valence-electron chi connectivity index (χ1n) is 5.99. The SMILES string of the molecule is [C-]#[N+]c1ccc2c(c1C(F)(F)F)C=C(C)C2NC(C)O. The molecule has 2 atom stereocenters. The van der Waals surface area contributed by atoms with E-state index in [1.54, 1.807) is 6.92 Å². The summed E-state index contributed by atoms with van der Waals surface area (Å²) in [5, 5.41) is 12.2. The van der Waals surface area contributed by atoms with Gasteiger partial charge in [0.2, 0.25) is 0 Å². The van der Waals surface area contributed by atoms with Crippen molar-refractivity contribution in [3.05, 3.63) is 45.8 Å². The van der Waals surface area contributed by atoms with Gasteiger partial charge in [0, 0.05) is 0 Å². The lowest BCUT2D eigenvalue weighted by molar-refractivity contribution is -0.137. The standard InChI is InChI=1S/C14H13F3N2O/c1-7-6-10-9(13(7)19-8(2)20)4-5-11(18-3)12(10)14(15,16)17/h4-6,8,13,19-20H,1-2H3. The third-order valence-electron chi connectivity index (χ3n) is 3.21. The minimum Gasteiger partial charge on any atom is -0.379 e. The Morgan fingerprint density at radius 3 is 2.55 bits per heavy atom. The molecule has 2 N–H and O–H groups in total. The van der Waals surface area contributed by atoms with Gasteiger partial charge >= 0.3 is 6.18 Å². The zero-order valence-corrected chi connectivity index (χ0v) is 10.9. The fourth-order valence-corrected chi connectivity index (χ4v) is 2.44. The molecule has 1 aliphatic carbocycles. The first-order chi connectivity index (χ1) is 9.25. The molecule has 0 bridgehead atoms. The molecule has 0 aliphatic heterocycles. The number of halogens is 3. The molecule has 0 amide bonds. The monoisotopic (exact) mass is 282 g/mol. The second kappa shape index (κ2) is 4.93. The number of hydrogen-bond donors (Lipinski definition) is 2. The molecular weight excluding hydrogens is 269 g/mol.